The van der Waals surface area contributed by atoms with E-state index in [0.717, 1.165) is 16.8 Å². The van der Waals surface area contributed by atoms with Crippen LogP contribution in [0.5, 0.6) is 0 Å². The van der Waals surface area contributed by atoms with E-state index in [0.29, 0.717) is 0 Å². The highest BCUT2D eigenvalue weighted by Gasteiger charge is 1.96. The molecule has 1 rings (SSSR count). The van der Waals surface area contributed by atoms with Crippen LogP contribution in [-0.2, 0) is 0 Å². The van der Waals surface area contributed by atoms with Crippen molar-refractivity contribution in [2.75, 3.05) is 12.8 Å². The Morgan fingerprint density at radius 1 is 1.31 bits per heavy atom. The maximum Gasteiger partial charge on any atom is 0.0350 e. The van der Waals surface area contributed by atoms with E-state index in [9.17, 15) is 0 Å². The lowest BCUT2D eigenvalue weighted by molar-refractivity contribution is 1.41. The smallest absolute Gasteiger partial charge is 0.0350 e. The van der Waals surface area contributed by atoms with Crippen LogP contribution in [0, 0.1) is 6.92 Å². The van der Waals surface area contributed by atoms with Gasteiger partial charge in [-0.05, 0) is 24.1 Å². The summed E-state index contributed by atoms with van der Waals surface area (Å²) in [6, 6.07) is 5.82. The monoisotopic (exact) mass is 178 g/mol. The molecule has 0 spiro atoms. The first-order valence-electron chi connectivity index (χ1n) is 4.53. The molecule has 0 aliphatic heterocycles. The molecule has 72 valence electrons. The molecule has 1 aromatic carbocycles. The Kier molecular flexibility index (Phi) is 5.60. The topological polar surface area (TPSA) is 38.4 Å². The summed E-state index contributed by atoms with van der Waals surface area (Å²) in [4.78, 5) is 3.93. The van der Waals surface area contributed by atoms with Gasteiger partial charge < -0.3 is 5.73 Å². The van der Waals surface area contributed by atoms with Crippen molar-refractivity contribution in [3.63, 3.8) is 0 Å². The maximum atomic E-state index is 5.69. The minimum Gasteiger partial charge on any atom is -0.398 e. The average molecular weight is 178 g/mol. The van der Waals surface area contributed by atoms with Crippen molar-refractivity contribution in [3.05, 3.63) is 29.3 Å². The molecular weight excluding hydrogens is 160 g/mol. The summed E-state index contributed by atoms with van der Waals surface area (Å²) >= 11 is 0. The molecule has 0 radical (unpaired) electrons. The highest BCUT2D eigenvalue weighted by Crippen LogP contribution is 2.12. The first-order valence-corrected chi connectivity index (χ1v) is 4.53. The largest absolute Gasteiger partial charge is 0.398 e. The number of rotatable bonds is 1. The van der Waals surface area contributed by atoms with E-state index in [1.54, 1.807) is 7.05 Å². The second-order valence-electron chi connectivity index (χ2n) is 2.45. The van der Waals surface area contributed by atoms with Crippen molar-refractivity contribution in [1.29, 1.82) is 0 Å². The van der Waals surface area contributed by atoms with Gasteiger partial charge in [0.2, 0.25) is 0 Å². The summed E-state index contributed by atoms with van der Waals surface area (Å²) in [7, 11) is 1.75. The van der Waals surface area contributed by atoms with E-state index >= 15 is 0 Å². The minimum atomic E-state index is 0.822. The number of aliphatic imine (C=N–C) groups is 1. The third kappa shape index (κ3) is 3.28. The molecule has 0 saturated carbocycles. The zero-order valence-electron chi connectivity index (χ0n) is 8.83. The van der Waals surface area contributed by atoms with E-state index < -0.39 is 0 Å². The van der Waals surface area contributed by atoms with Gasteiger partial charge in [0, 0.05) is 18.9 Å². The molecule has 0 bridgehead atoms. The number of nitrogens with zero attached hydrogens (tertiary/aromatic N) is 1. The summed E-state index contributed by atoms with van der Waals surface area (Å²) in [5, 5.41) is 0. The molecule has 0 heterocycles. The summed E-state index contributed by atoms with van der Waals surface area (Å²) in [5.41, 5.74) is 8.70. The van der Waals surface area contributed by atoms with E-state index in [4.69, 9.17) is 5.73 Å². The molecule has 0 aliphatic carbocycles. The second-order valence-corrected chi connectivity index (χ2v) is 2.45. The fourth-order valence-electron chi connectivity index (χ4n) is 0.951. The third-order valence-electron chi connectivity index (χ3n) is 1.69. The fourth-order valence-corrected chi connectivity index (χ4v) is 0.951. The quantitative estimate of drug-likeness (QED) is 0.521. The third-order valence-corrected chi connectivity index (χ3v) is 1.69. The van der Waals surface area contributed by atoms with Gasteiger partial charge in [-0.15, -0.1) is 0 Å². The van der Waals surface area contributed by atoms with Crippen LogP contribution in [-0.4, -0.2) is 13.3 Å². The predicted octanol–water partition coefficient (Wildman–Crippen LogP) is 2.65. The SMILES string of the molecule is CC.CN=Cc1cccc(N)c1C. The number of hydrogen-bond acceptors (Lipinski definition) is 2. The second kappa shape index (κ2) is 6.23. The van der Waals surface area contributed by atoms with Crippen LogP contribution in [0.1, 0.15) is 25.0 Å². The van der Waals surface area contributed by atoms with Crippen LogP contribution in [0.4, 0.5) is 5.69 Å². The molecule has 2 heteroatoms. The van der Waals surface area contributed by atoms with Crippen LogP contribution >= 0.6 is 0 Å². The number of nitrogens with two attached hydrogens (primary N) is 1. The average Bonchev–Trinajstić information content (AvgIpc) is 2.17. The van der Waals surface area contributed by atoms with Gasteiger partial charge in [0.15, 0.2) is 0 Å². The Balaban J connectivity index is 0.000000671. The van der Waals surface area contributed by atoms with Gasteiger partial charge in [-0.2, -0.15) is 0 Å². The number of benzene rings is 1. The van der Waals surface area contributed by atoms with Gasteiger partial charge in [-0.1, -0.05) is 26.0 Å². The molecule has 2 nitrogen and oxygen atoms in total. The summed E-state index contributed by atoms with van der Waals surface area (Å²) in [6.07, 6.45) is 1.81. The van der Waals surface area contributed by atoms with Gasteiger partial charge in [-0.25, -0.2) is 0 Å². The normalized spacial score (nSPS) is 9.54. The minimum absolute atomic E-state index is 0.822. The molecule has 0 atom stereocenters. The van der Waals surface area contributed by atoms with Gasteiger partial charge in [0.25, 0.3) is 0 Å². The Hall–Kier alpha value is -1.31. The molecule has 0 aliphatic rings. The highest BCUT2D eigenvalue weighted by molar-refractivity contribution is 5.83. The maximum absolute atomic E-state index is 5.69. The molecule has 0 unspecified atom stereocenters. The van der Waals surface area contributed by atoms with E-state index in [1.165, 1.54) is 0 Å². The highest BCUT2D eigenvalue weighted by atomic mass is 14.6. The van der Waals surface area contributed by atoms with Crippen molar-refractivity contribution >= 4 is 11.9 Å². The van der Waals surface area contributed by atoms with E-state index in [-0.39, 0.29) is 0 Å². The molecule has 1 aromatic rings. The van der Waals surface area contributed by atoms with Crippen molar-refractivity contribution in [1.82, 2.24) is 0 Å². The van der Waals surface area contributed by atoms with E-state index in [2.05, 4.69) is 4.99 Å². The van der Waals surface area contributed by atoms with Crippen LogP contribution in [0.15, 0.2) is 23.2 Å². The molecule has 0 aromatic heterocycles. The first-order chi connectivity index (χ1) is 6.25. The fraction of sp³-hybridized carbons (Fsp3) is 0.364. The van der Waals surface area contributed by atoms with E-state index in [1.807, 2.05) is 45.2 Å². The van der Waals surface area contributed by atoms with Crippen molar-refractivity contribution < 1.29 is 0 Å². The van der Waals surface area contributed by atoms with Gasteiger partial charge in [-0.3, -0.25) is 4.99 Å². The zero-order valence-corrected chi connectivity index (χ0v) is 8.83. The Bertz CT molecular complexity index is 277. The van der Waals surface area contributed by atoms with Crippen molar-refractivity contribution in [2.24, 2.45) is 4.99 Å². The van der Waals surface area contributed by atoms with Crippen molar-refractivity contribution in [3.8, 4) is 0 Å². The molecule has 0 amide bonds. The van der Waals surface area contributed by atoms with Gasteiger partial charge in [0.05, 0.1) is 0 Å². The molecule has 2 N–H and O–H groups in total. The standard InChI is InChI=1S/C9H12N2.C2H6/c1-7-8(6-11-2)4-3-5-9(7)10;1-2/h3-6H,10H2,1-2H3;1-2H3. The number of nitrogen functional groups attached to an aromatic ring is 1. The molecule has 13 heavy (non-hydrogen) atoms. The van der Waals surface area contributed by atoms with Crippen LogP contribution in [0.25, 0.3) is 0 Å². The molecular formula is C11H18N2. The first kappa shape index (κ1) is 11.7. The lowest BCUT2D eigenvalue weighted by Gasteiger charge is -2.01. The summed E-state index contributed by atoms with van der Waals surface area (Å²) in [5.74, 6) is 0. The zero-order chi connectivity index (χ0) is 10.3. The predicted molar refractivity (Wildman–Crippen MR) is 60.5 cm³/mol. The molecule has 0 fully saturated rings. The number of anilines is 1. The Labute approximate surface area is 80.5 Å². The number of hydrogen-bond donors (Lipinski definition) is 1. The van der Waals surface area contributed by atoms with Crippen LogP contribution in [0.3, 0.4) is 0 Å². The summed E-state index contributed by atoms with van der Waals surface area (Å²) in [6.45, 7) is 5.99. The van der Waals surface area contributed by atoms with Crippen molar-refractivity contribution in [2.45, 2.75) is 20.8 Å². The summed E-state index contributed by atoms with van der Waals surface area (Å²) < 4.78 is 0. The lowest BCUT2D eigenvalue weighted by atomic mass is 10.1. The Morgan fingerprint density at radius 2 is 1.92 bits per heavy atom. The van der Waals surface area contributed by atoms with Gasteiger partial charge in [0.1, 0.15) is 0 Å². The van der Waals surface area contributed by atoms with Gasteiger partial charge >= 0.3 is 0 Å². The molecule has 0 saturated heterocycles. The van der Waals surface area contributed by atoms with Crippen LogP contribution < -0.4 is 5.73 Å². The van der Waals surface area contributed by atoms with Crippen LogP contribution in [0.2, 0.25) is 0 Å². The lowest BCUT2D eigenvalue weighted by Crippen LogP contribution is -1.93. The Morgan fingerprint density at radius 3 is 2.46 bits per heavy atom.